The molecule has 2 N–H and O–H groups in total. The van der Waals surface area contributed by atoms with Gasteiger partial charge in [-0.25, -0.2) is 0 Å². The van der Waals surface area contributed by atoms with Crippen molar-refractivity contribution in [2.45, 2.75) is 44.2 Å². The summed E-state index contributed by atoms with van der Waals surface area (Å²) >= 11 is 3.69. The molecule has 3 atom stereocenters. The molecule has 1 aromatic carbocycles. The van der Waals surface area contributed by atoms with Crippen LogP contribution in [0.3, 0.4) is 0 Å². The first-order valence-electron chi connectivity index (χ1n) is 7.81. The minimum Gasteiger partial charge on any atom is -0.394 e. The minimum absolute atomic E-state index is 0.0998. The van der Waals surface area contributed by atoms with Crippen LogP contribution in [0.15, 0.2) is 30.3 Å². The molecular formula is C17H28O3S2. The van der Waals surface area contributed by atoms with E-state index >= 15 is 0 Å². The number of aliphatic hydroxyl groups excluding tert-OH is 2. The van der Waals surface area contributed by atoms with E-state index in [0.29, 0.717) is 6.61 Å². The monoisotopic (exact) mass is 344 g/mol. The zero-order valence-corrected chi connectivity index (χ0v) is 15.3. The zero-order chi connectivity index (χ0) is 16.4. The molecule has 0 aliphatic heterocycles. The normalized spacial score (nSPS) is 15.7. The van der Waals surface area contributed by atoms with Gasteiger partial charge in [0.05, 0.1) is 30.0 Å². The lowest BCUT2D eigenvalue weighted by Crippen LogP contribution is -2.39. The summed E-state index contributed by atoms with van der Waals surface area (Å²) in [7, 11) is 0. The Balaban J connectivity index is 2.79. The van der Waals surface area contributed by atoms with Crippen LogP contribution in [-0.4, -0.2) is 45.1 Å². The van der Waals surface area contributed by atoms with Crippen LogP contribution in [0, 0.1) is 5.92 Å². The minimum atomic E-state index is -0.752. The molecule has 0 spiro atoms. The lowest BCUT2D eigenvalue weighted by molar-refractivity contribution is -0.0447. The van der Waals surface area contributed by atoms with E-state index in [-0.39, 0.29) is 23.2 Å². The van der Waals surface area contributed by atoms with E-state index in [2.05, 4.69) is 13.8 Å². The molecule has 0 saturated carbocycles. The summed E-state index contributed by atoms with van der Waals surface area (Å²) in [4.78, 5) is 0. The molecule has 22 heavy (non-hydrogen) atoms. The van der Waals surface area contributed by atoms with Crippen LogP contribution >= 0.6 is 23.5 Å². The van der Waals surface area contributed by atoms with E-state index < -0.39 is 6.10 Å². The van der Waals surface area contributed by atoms with Crippen molar-refractivity contribution in [2.75, 3.05) is 18.1 Å². The molecule has 0 aliphatic carbocycles. The van der Waals surface area contributed by atoms with Crippen LogP contribution in [0.2, 0.25) is 0 Å². The van der Waals surface area contributed by atoms with Gasteiger partial charge in [-0.3, -0.25) is 0 Å². The first-order chi connectivity index (χ1) is 10.6. The van der Waals surface area contributed by atoms with Gasteiger partial charge in [0.2, 0.25) is 0 Å². The number of hydrogen-bond donors (Lipinski definition) is 2. The zero-order valence-electron chi connectivity index (χ0n) is 13.6. The van der Waals surface area contributed by atoms with Gasteiger partial charge in [0, 0.05) is 5.92 Å². The molecule has 0 heterocycles. The predicted octanol–water partition coefficient (Wildman–Crippen LogP) is 3.39. The van der Waals surface area contributed by atoms with Crippen molar-refractivity contribution in [3.63, 3.8) is 0 Å². The average Bonchev–Trinajstić information content (AvgIpc) is 2.55. The Morgan fingerprint density at radius 2 is 1.68 bits per heavy atom. The van der Waals surface area contributed by atoms with Gasteiger partial charge in [0.25, 0.3) is 0 Å². The molecule has 0 bridgehead atoms. The highest BCUT2D eigenvalue weighted by molar-refractivity contribution is 8.17. The quantitative estimate of drug-likeness (QED) is 0.603. The van der Waals surface area contributed by atoms with Crippen LogP contribution in [0.4, 0.5) is 0 Å². The van der Waals surface area contributed by atoms with Crippen molar-refractivity contribution in [1.29, 1.82) is 0 Å². The number of benzene rings is 1. The molecule has 0 fully saturated rings. The smallest absolute Gasteiger partial charge is 0.0840 e. The number of rotatable bonds is 11. The van der Waals surface area contributed by atoms with Crippen molar-refractivity contribution in [1.82, 2.24) is 0 Å². The fraction of sp³-hybridized carbons (Fsp3) is 0.647. The van der Waals surface area contributed by atoms with Crippen molar-refractivity contribution in [3.05, 3.63) is 35.9 Å². The molecule has 1 aromatic rings. The molecule has 5 heteroatoms. The van der Waals surface area contributed by atoms with Crippen LogP contribution in [0.5, 0.6) is 0 Å². The molecule has 0 unspecified atom stereocenters. The van der Waals surface area contributed by atoms with Crippen LogP contribution in [0.1, 0.15) is 26.3 Å². The highest BCUT2D eigenvalue weighted by atomic mass is 32.2. The van der Waals surface area contributed by atoms with Crippen molar-refractivity contribution in [3.8, 4) is 0 Å². The number of thioether (sulfide) groups is 2. The van der Waals surface area contributed by atoms with E-state index in [1.54, 1.807) is 0 Å². The summed E-state index contributed by atoms with van der Waals surface area (Å²) in [5, 5.41) is 19.3. The maximum atomic E-state index is 10.0. The fourth-order valence-corrected chi connectivity index (χ4v) is 5.09. The SMILES string of the molecule is CCSC(SCC)[C@H](OCc1ccccc1)[C@@H](C)[C@H](O)CO. The van der Waals surface area contributed by atoms with Gasteiger partial charge < -0.3 is 14.9 Å². The molecule has 0 aromatic heterocycles. The third-order valence-corrected chi connectivity index (χ3v) is 6.20. The van der Waals surface area contributed by atoms with E-state index in [0.717, 1.165) is 17.1 Å². The molecule has 0 saturated heterocycles. The third-order valence-electron chi connectivity index (χ3n) is 3.53. The summed E-state index contributed by atoms with van der Waals surface area (Å²) in [5.41, 5.74) is 1.12. The lowest BCUT2D eigenvalue weighted by Gasteiger charge is -2.33. The molecule has 0 radical (unpaired) electrons. The lowest BCUT2D eigenvalue weighted by atomic mass is 9.99. The Bertz CT molecular complexity index is 383. The molecule has 1 rings (SSSR count). The van der Waals surface area contributed by atoms with E-state index in [9.17, 15) is 10.2 Å². The van der Waals surface area contributed by atoms with Gasteiger partial charge in [-0.2, -0.15) is 0 Å². The molecular weight excluding hydrogens is 316 g/mol. The first kappa shape index (κ1) is 19.8. The summed E-state index contributed by atoms with van der Waals surface area (Å²) in [6.45, 7) is 6.52. The highest BCUT2D eigenvalue weighted by Crippen LogP contribution is 2.33. The Morgan fingerprint density at radius 1 is 1.09 bits per heavy atom. The van der Waals surface area contributed by atoms with Gasteiger partial charge >= 0.3 is 0 Å². The fourth-order valence-electron chi connectivity index (χ4n) is 2.20. The summed E-state index contributed by atoms with van der Waals surface area (Å²) in [6, 6.07) is 10.1. The van der Waals surface area contributed by atoms with Gasteiger partial charge in [-0.05, 0) is 17.1 Å². The Kier molecular flexibility index (Phi) is 10.2. The maximum Gasteiger partial charge on any atom is 0.0840 e. The average molecular weight is 345 g/mol. The van der Waals surface area contributed by atoms with Gasteiger partial charge in [0.15, 0.2) is 0 Å². The molecule has 0 amide bonds. The van der Waals surface area contributed by atoms with Crippen molar-refractivity contribution in [2.24, 2.45) is 5.92 Å². The number of ether oxygens (including phenoxy) is 1. The van der Waals surface area contributed by atoms with E-state index in [1.165, 1.54) is 0 Å². The van der Waals surface area contributed by atoms with Crippen LogP contribution in [0.25, 0.3) is 0 Å². The standard InChI is InChI=1S/C17H28O3S2/c1-4-21-17(22-5-2)16(13(3)15(19)11-18)20-12-14-9-7-6-8-10-14/h6-10,13,15-19H,4-5,11-12H2,1-3H3/t13-,15+,16+/m0/s1. The first-order valence-corrected chi connectivity index (χ1v) is 9.91. The van der Waals surface area contributed by atoms with E-state index in [1.807, 2.05) is 60.8 Å². The topological polar surface area (TPSA) is 49.7 Å². The Labute approximate surface area is 142 Å². The van der Waals surface area contributed by atoms with E-state index in [4.69, 9.17) is 4.74 Å². The second-order valence-corrected chi connectivity index (χ2v) is 8.28. The molecule has 0 aliphatic rings. The number of aliphatic hydroxyl groups is 2. The van der Waals surface area contributed by atoms with Crippen molar-refractivity contribution >= 4 is 23.5 Å². The van der Waals surface area contributed by atoms with Gasteiger partial charge in [-0.1, -0.05) is 51.1 Å². The maximum absolute atomic E-state index is 10.0. The van der Waals surface area contributed by atoms with Gasteiger partial charge in [0.1, 0.15) is 0 Å². The summed E-state index contributed by atoms with van der Waals surface area (Å²) < 4.78 is 6.43. The second-order valence-electron chi connectivity index (χ2n) is 5.15. The third kappa shape index (κ3) is 6.50. The summed E-state index contributed by atoms with van der Waals surface area (Å²) in [5.74, 6) is 1.90. The summed E-state index contributed by atoms with van der Waals surface area (Å²) in [6.07, 6.45) is -0.851. The highest BCUT2D eigenvalue weighted by Gasteiger charge is 2.32. The second kappa shape index (κ2) is 11.4. The van der Waals surface area contributed by atoms with Crippen LogP contribution in [-0.2, 0) is 11.3 Å². The largest absolute Gasteiger partial charge is 0.394 e. The van der Waals surface area contributed by atoms with Crippen LogP contribution < -0.4 is 0 Å². The Morgan fingerprint density at radius 3 is 2.18 bits per heavy atom. The Hall–Kier alpha value is -0.200. The van der Waals surface area contributed by atoms with Crippen molar-refractivity contribution < 1.29 is 14.9 Å². The number of hydrogen-bond acceptors (Lipinski definition) is 5. The predicted molar refractivity (Wildman–Crippen MR) is 97.3 cm³/mol. The van der Waals surface area contributed by atoms with Gasteiger partial charge in [-0.15, -0.1) is 23.5 Å². The molecule has 3 nitrogen and oxygen atoms in total. The molecule has 126 valence electrons.